The average Bonchev–Trinajstić information content (AvgIpc) is 3.42. The summed E-state index contributed by atoms with van der Waals surface area (Å²) < 4.78 is 61.8. The molecular weight excluding hydrogens is 584 g/mol. The molecule has 5 rings (SSSR count). The van der Waals surface area contributed by atoms with E-state index >= 15 is 4.39 Å². The first-order valence-electron chi connectivity index (χ1n) is 16.0. The zero-order chi connectivity index (χ0) is 31.8. The van der Waals surface area contributed by atoms with Gasteiger partial charge in [0.1, 0.15) is 11.6 Å². The van der Waals surface area contributed by atoms with Crippen molar-refractivity contribution < 1.29 is 26.7 Å². The monoisotopic (exact) mass is 631 g/mol. The summed E-state index contributed by atoms with van der Waals surface area (Å²) in [5.41, 5.74) is 4.32. The highest BCUT2D eigenvalue weighted by Gasteiger charge is 2.44. The molecule has 3 saturated heterocycles. The maximum atomic E-state index is 15.1. The molecule has 2 aromatic rings. The van der Waals surface area contributed by atoms with Crippen LogP contribution in [-0.2, 0) is 19.6 Å². The number of benzene rings is 2. The molecular formula is C34H47F2N3O4S. The van der Waals surface area contributed by atoms with E-state index in [9.17, 15) is 17.6 Å². The largest absolute Gasteiger partial charge is 0.381 e. The lowest BCUT2D eigenvalue weighted by atomic mass is 9.84. The molecule has 242 valence electrons. The first-order valence-corrected chi connectivity index (χ1v) is 17.8. The van der Waals surface area contributed by atoms with Crippen molar-refractivity contribution >= 4 is 21.6 Å². The van der Waals surface area contributed by atoms with Gasteiger partial charge in [0.2, 0.25) is 15.9 Å². The molecule has 44 heavy (non-hydrogen) atoms. The molecule has 7 nitrogen and oxygen atoms in total. The van der Waals surface area contributed by atoms with E-state index < -0.39 is 27.6 Å². The molecule has 0 N–H and O–H groups in total. The van der Waals surface area contributed by atoms with Crippen molar-refractivity contribution in [3.63, 3.8) is 0 Å². The maximum absolute atomic E-state index is 15.1. The number of ether oxygens (including phenoxy) is 1. The third-order valence-corrected chi connectivity index (χ3v) is 11.0. The summed E-state index contributed by atoms with van der Waals surface area (Å²) in [6.07, 6.45) is 4.45. The Hall–Kier alpha value is -2.56. The number of sulfonamides is 1. The summed E-state index contributed by atoms with van der Waals surface area (Å²) in [6.45, 7) is 12.0. The van der Waals surface area contributed by atoms with Gasteiger partial charge in [0.25, 0.3) is 0 Å². The highest BCUT2D eigenvalue weighted by atomic mass is 32.2. The van der Waals surface area contributed by atoms with Crippen molar-refractivity contribution in [3.05, 3.63) is 64.2 Å². The van der Waals surface area contributed by atoms with Gasteiger partial charge in [0, 0.05) is 64.0 Å². The van der Waals surface area contributed by atoms with Crippen molar-refractivity contribution in [2.45, 2.75) is 71.3 Å². The fraction of sp³-hybridized carbons (Fsp3) is 0.618. The molecule has 3 fully saturated rings. The van der Waals surface area contributed by atoms with Crippen LogP contribution in [0.25, 0.3) is 0 Å². The maximum Gasteiger partial charge on any atom is 0.232 e. The number of piperidine rings is 1. The Bertz CT molecular complexity index is 1450. The summed E-state index contributed by atoms with van der Waals surface area (Å²) in [7, 11) is -3.49. The number of carbonyl (C=O) groups is 1. The molecule has 0 aromatic heterocycles. The summed E-state index contributed by atoms with van der Waals surface area (Å²) in [6, 6.07) is 8.10. The first-order chi connectivity index (χ1) is 20.8. The first kappa shape index (κ1) is 32.8. The molecule has 0 spiro atoms. The topological polar surface area (TPSA) is 70.2 Å². The molecule has 0 radical (unpaired) electrons. The van der Waals surface area contributed by atoms with Crippen LogP contribution >= 0.6 is 0 Å². The molecule has 3 aliphatic rings. The van der Waals surface area contributed by atoms with Gasteiger partial charge in [0.05, 0.1) is 17.9 Å². The number of hydrogen-bond acceptors (Lipinski definition) is 5. The molecule has 1 amide bonds. The minimum absolute atomic E-state index is 0.0182. The second kappa shape index (κ2) is 13.4. The lowest BCUT2D eigenvalue weighted by Crippen LogP contribution is -2.44. The van der Waals surface area contributed by atoms with Crippen molar-refractivity contribution in [1.82, 2.24) is 9.80 Å². The van der Waals surface area contributed by atoms with Gasteiger partial charge in [-0.3, -0.25) is 14.0 Å². The Morgan fingerprint density at radius 3 is 2.25 bits per heavy atom. The Labute approximate surface area is 261 Å². The number of anilines is 1. The SMILES string of the molecule is Cc1cc(C2CCN(C(=O)[C@@H]3CN(C4CCOCC4)CC3c3ccc(F)cc3F)CC2)c(N(CC(C)C)S(C)(=O)=O)cc1C. The Kier molecular flexibility index (Phi) is 10.0. The van der Waals surface area contributed by atoms with Crippen molar-refractivity contribution in [1.29, 1.82) is 0 Å². The van der Waals surface area contributed by atoms with Crippen LogP contribution in [0.3, 0.4) is 0 Å². The predicted octanol–water partition coefficient (Wildman–Crippen LogP) is 5.60. The summed E-state index contributed by atoms with van der Waals surface area (Å²) >= 11 is 0. The smallest absolute Gasteiger partial charge is 0.232 e. The number of halogens is 2. The molecule has 1 unspecified atom stereocenters. The van der Waals surface area contributed by atoms with E-state index in [1.807, 2.05) is 38.7 Å². The van der Waals surface area contributed by atoms with E-state index in [4.69, 9.17) is 4.74 Å². The van der Waals surface area contributed by atoms with E-state index in [0.29, 0.717) is 64.3 Å². The van der Waals surface area contributed by atoms with Gasteiger partial charge >= 0.3 is 0 Å². The zero-order valence-corrected chi connectivity index (χ0v) is 27.5. The quantitative estimate of drug-likeness (QED) is 0.379. The van der Waals surface area contributed by atoms with Crippen LogP contribution < -0.4 is 4.31 Å². The molecule has 0 aliphatic carbocycles. The van der Waals surface area contributed by atoms with Crippen LogP contribution in [0, 0.1) is 37.3 Å². The number of hydrogen-bond donors (Lipinski definition) is 0. The van der Waals surface area contributed by atoms with Gasteiger partial charge < -0.3 is 9.64 Å². The Morgan fingerprint density at radius 1 is 0.977 bits per heavy atom. The van der Waals surface area contributed by atoms with Crippen molar-refractivity contribution in [3.8, 4) is 0 Å². The number of carbonyl (C=O) groups excluding carboxylic acids is 1. The zero-order valence-electron chi connectivity index (χ0n) is 26.7. The average molecular weight is 632 g/mol. The number of aryl methyl sites for hydroxylation is 2. The molecule has 2 aromatic carbocycles. The number of rotatable bonds is 8. The summed E-state index contributed by atoms with van der Waals surface area (Å²) in [5.74, 6) is -1.71. The minimum atomic E-state index is -3.49. The minimum Gasteiger partial charge on any atom is -0.381 e. The van der Waals surface area contributed by atoms with Crippen LogP contribution in [-0.4, -0.2) is 82.4 Å². The van der Waals surface area contributed by atoms with Crippen molar-refractivity contribution in [2.24, 2.45) is 11.8 Å². The lowest BCUT2D eigenvalue weighted by molar-refractivity contribution is -0.136. The van der Waals surface area contributed by atoms with Crippen LogP contribution in [0.15, 0.2) is 30.3 Å². The van der Waals surface area contributed by atoms with Gasteiger partial charge in [-0.05, 0) is 85.8 Å². The van der Waals surface area contributed by atoms with Gasteiger partial charge in [-0.15, -0.1) is 0 Å². The number of nitrogens with zero attached hydrogens (tertiary/aromatic N) is 3. The number of amides is 1. The lowest BCUT2D eigenvalue weighted by Gasteiger charge is -2.37. The van der Waals surface area contributed by atoms with Crippen LogP contribution in [0.2, 0.25) is 0 Å². The Morgan fingerprint density at radius 2 is 1.64 bits per heavy atom. The fourth-order valence-electron chi connectivity index (χ4n) is 7.31. The van der Waals surface area contributed by atoms with E-state index in [-0.39, 0.29) is 29.7 Å². The van der Waals surface area contributed by atoms with Crippen LogP contribution in [0.1, 0.15) is 73.6 Å². The van der Waals surface area contributed by atoms with Gasteiger partial charge in [-0.2, -0.15) is 0 Å². The second-order valence-corrected chi connectivity index (χ2v) is 15.4. The summed E-state index contributed by atoms with van der Waals surface area (Å²) in [4.78, 5) is 18.4. The van der Waals surface area contributed by atoms with Crippen LogP contribution in [0.4, 0.5) is 14.5 Å². The second-order valence-electron chi connectivity index (χ2n) is 13.5. The van der Waals surface area contributed by atoms with E-state index in [1.54, 1.807) is 4.31 Å². The molecule has 0 saturated carbocycles. The highest BCUT2D eigenvalue weighted by Crippen LogP contribution is 2.41. The molecule has 10 heteroatoms. The normalized spacial score (nSPS) is 22.6. The Balaban J connectivity index is 1.37. The van der Waals surface area contributed by atoms with E-state index in [0.717, 1.165) is 41.3 Å². The molecule has 3 aliphatic heterocycles. The van der Waals surface area contributed by atoms with Gasteiger partial charge in [-0.25, -0.2) is 17.2 Å². The van der Waals surface area contributed by atoms with Gasteiger partial charge in [0.15, 0.2) is 0 Å². The third kappa shape index (κ3) is 7.12. The molecule has 2 atom stereocenters. The predicted molar refractivity (Wildman–Crippen MR) is 170 cm³/mol. The summed E-state index contributed by atoms with van der Waals surface area (Å²) in [5, 5.41) is 0. The van der Waals surface area contributed by atoms with Crippen molar-refractivity contribution in [2.75, 3.05) is 56.5 Å². The number of likely N-dealkylation sites (tertiary alicyclic amines) is 2. The molecule has 3 heterocycles. The molecule has 0 bridgehead atoms. The van der Waals surface area contributed by atoms with E-state index in [1.165, 1.54) is 18.4 Å². The van der Waals surface area contributed by atoms with Crippen LogP contribution in [0.5, 0.6) is 0 Å². The standard InChI is InChI=1S/C34H47F2N3O4S/c1-22(2)19-39(44(5,41)42)33-17-24(4)23(3)16-29(33)25-8-12-37(13-9-25)34(40)31-21-38(27-10-14-43-15-11-27)20-30(31)28-7-6-26(35)18-32(28)36/h6-7,16-18,22,25,27,30-31H,8-15,19-21H2,1-5H3/t30?,31-/m1/s1. The fourth-order valence-corrected chi connectivity index (χ4v) is 8.39. The van der Waals surface area contributed by atoms with E-state index in [2.05, 4.69) is 11.0 Å². The third-order valence-electron chi connectivity index (χ3n) is 9.82. The van der Waals surface area contributed by atoms with Gasteiger partial charge in [-0.1, -0.05) is 26.0 Å². The highest BCUT2D eigenvalue weighted by molar-refractivity contribution is 7.92.